The van der Waals surface area contributed by atoms with E-state index in [-0.39, 0.29) is 35.9 Å². The number of pyridine rings is 3. The number of nitrogens with one attached hydrogen (secondary N) is 1. The van der Waals surface area contributed by atoms with Crippen molar-refractivity contribution in [2.45, 2.75) is 58.3 Å². The number of rotatable bonds is 9. The molecule has 1 fully saturated rings. The molecule has 0 saturated heterocycles. The van der Waals surface area contributed by atoms with Crippen LogP contribution >= 0.6 is 0 Å². The predicted octanol–water partition coefficient (Wildman–Crippen LogP) is 5.94. The van der Waals surface area contributed by atoms with Crippen LogP contribution in [0.4, 0.5) is 20.4 Å². The van der Waals surface area contributed by atoms with Crippen molar-refractivity contribution in [3.05, 3.63) is 84.3 Å². The van der Waals surface area contributed by atoms with Crippen molar-refractivity contribution in [1.82, 2.24) is 24.5 Å². The molecule has 9 nitrogen and oxygen atoms in total. The summed E-state index contributed by atoms with van der Waals surface area (Å²) in [4.78, 5) is 29.8. The Labute approximate surface area is 236 Å². The highest BCUT2D eigenvalue weighted by molar-refractivity contribution is 5.72. The Hall–Kier alpha value is -4.25. The lowest BCUT2D eigenvalue weighted by Crippen LogP contribution is -2.37. The summed E-state index contributed by atoms with van der Waals surface area (Å²) in [6.07, 6.45) is 8.00. The number of hydrogen-bond donors (Lipinski definition) is 2. The third kappa shape index (κ3) is 6.74. The van der Waals surface area contributed by atoms with Crippen molar-refractivity contribution in [2.75, 3.05) is 5.32 Å². The molecule has 0 aliphatic heterocycles. The van der Waals surface area contributed by atoms with Crippen molar-refractivity contribution in [3.8, 4) is 11.3 Å². The zero-order valence-electron chi connectivity index (χ0n) is 22.9. The molecule has 0 aromatic carbocycles. The number of carbonyl (C=O) groups excluding carboxylic acids is 1. The fourth-order valence-electron chi connectivity index (χ4n) is 5.23. The molecular weight excluding hydrogens is 530 g/mol. The normalized spacial score (nSPS) is 18.6. The van der Waals surface area contributed by atoms with Gasteiger partial charge in [-0.2, -0.15) is 0 Å². The molecule has 0 bridgehead atoms. The first-order valence-electron chi connectivity index (χ1n) is 13.5. The number of aryl methyl sites for hydroxylation is 1. The van der Waals surface area contributed by atoms with Crippen molar-refractivity contribution in [2.24, 2.45) is 11.8 Å². The molecule has 0 radical (unpaired) electrons. The van der Waals surface area contributed by atoms with Crippen LogP contribution in [0.15, 0.2) is 67.5 Å². The van der Waals surface area contributed by atoms with Crippen molar-refractivity contribution in [3.63, 3.8) is 0 Å². The number of aliphatic hydroxyl groups is 1. The number of anilines is 2. The van der Waals surface area contributed by atoms with E-state index in [9.17, 15) is 18.7 Å². The Kier molecular flexibility index (Phi) is 8.34. The van der Waals surface area contributed by atoms with Gasteiger partial charge in [0.2, 0.25) is 0 Å². The summed E-state index contributed by atoms with van der Waals surface area (Å²) in [5.41, 5.74) is 1.56. The maximum Gasteiger partial charge on any atom is 0.310 e. The fourth-order valence-corrected chi connectivity index (χ4v) is 5.23. The molecular formula is C30H32F2N6O3. The Morgan fingerprint density at radius 1 is 1.12 bits per heavy atom. The van der Waals surface area contributed by atoms with Gasteiger partial charge < -0.3 is 19.7 Å². The summed E-state index contributed by atoms with van der Waals surface area (Å²) in [7, 11) is 0. The van der Waals surface area contributed by atoms with Crippen LogP contribution in [-0.4, -0.2) is 35.6 Å². The molecule has 1 aliphatic carbocycles. The van der Waals surface area contributed by atoms with Crippen LogP contribution in [-0.2, 0) is 21.9 Å². The topological polar surface area (TPSA) is 115 Å². The quantitative estimate of drug-likeness (QED) is 0.241. The van der Waals surface area contributed by atoms with E-state index in [2.05, 4.69) is 25.3 Å². The van der Waals surface area contributed by atoms with E-state index in [1.165, 1.54) is 18.3 Å². The third-order valence-electron chi connectivity index (χ3n) is 7.61. The van der Waals surface area contributed by atoms with Gasteiger partial charge in [-0.1, -0.05) is 0 Å². The van der Waals surface area contributed by atoms with Crippen molar-refractivity contribution >= 4 is 17.6 Å². The van der Waals surface area contributed by atoms with Crippen molar-refractivity contribution in [1.29, 1.82) is 0 Å². The first kappa shape index (κ1) is 28.3. The molecule has 41 heavy (non-hydrogen) atoms. The van der Waals surface area contributed by atoms with Gasteiger partial charge >= 0.3 is 5.97 Å². The summed E-state index contributed by atoms with van der Waals surface area (Å²) < 4.78 is 33.3. The number of hydrogen-bond acceptors (Lipinski definition) is 8. The minimum Gasteiger partial charge on any atom is -0.444 e. The number of aromatic nitrogens is 5. The van der Waals surface area contributed by atoms with Crippen LogP contribution in [0.1, 0.15) is 55.9 Å². The summed E-state index contributed by atoms with van der Waals surface area (Å²) in [6, 6.07) is 9.93. The van der Waals surface area contributed by atoms with Gasteiger partial charge in [0, 0.05) is 35.9 Å². The second kappa shape index (κ2) is 12.1. The summed E-state index contributed by atoms with van der Waals surface area (Å²) in [5.74, 6) is 0.274. The lowest BCUT2D eigenvalue weighted by molar-refractivity contribution is -0.155. The molecule has 4 aromatic heterocycles. The van der Waals surface area contributed by atoms with E-state index in [0.29, 0.717) is 42.9 Å². The Balaban J connectivity index is 1.22. The van der Waals surface area contributed by atoms with Gasteiger partial charge in [0.05, 0.1) is 23.6 Å². The number of imidazole rings is 1. The lowest BCUT2D eigenvalue weighted by Gasteiger charge is -2.37. The molecule has 11 heteroatoms. The largest absolute Gasteiger partial charge is 0.444 e. The zero-order valence-corrected chi connectivity index (χ0v) is 22.9. The Morgan fingerprint density at radius 3 is 2.61 bits per heavy atom. The van der Waals surface area contributed by atoms with Gasteiger partial charge in [0.1, 0.15) is 17.2 Å². The highest BCUT2D eigenvalue weighted by atomic mass is 19.3. The molecule has 4 heterocycles. The molecule has 0 unspecified atom stereocenters. The standard InChI is InChI=1S/C30H32F2N6O3/c1-19-13-24(36-27(14-19)37-26-15-21(28(31)32)9-10-34-26)22-5-8-25(35-16-22)30(2,40)23-6-3-20(4-7-23)29(39)41-18-38-12-11-33-17-38/h5,8-17,20,23,28,40H,3-4,6-7,18H2,1-2H3,(H,34,36,37)/t20?,23?,30-/m1/s1. The number of nitrogens with zero attached hydrogens (tertiary/aromatic N) is 5. The van der Waals surface area contributed by atoms with E-state index in [4.69, 9.17) is 4.74 Å². The van der Waals surface area contributed by atoms with Gasteiger partial charge in [-0.3, -0.25) is 9.78 Å². The number of carbonyl (C=O) groups is 1. The molecule has 214 valence electrons. The number of ether oxygens (including phenoxy) is 1. The van der Waals surface area contributed by atoms with E-state index in [1.807, 2.05) is 19.1 Å². The van der Waals surface area contributed by atoms with Gasteiger partial charge in [0.25, 0.3) is 6.43 Å². The molecule has 4 aromatic rings. The van der Waals surface area contributed by atoms with Crippen LogP contribution in [0.5, 0.6) is 0 Å². The SMILES string of the molecule is Cc1cc(Nc2cc(C(F)F)ccn2)nc(-c2ccc([C@](C)(O)C3CCC(C(=O)OCn4ccnc4)CC3)nc2)c1. The fraction of sp³-hybridized carbons (Fsp3) is 0.367. The van der Waals surface area contributed by atoms with Crippen LogP contribution < -0.4 is 5.32 Å². The minimum absolute atomic E-state index is 0.0528. The highest BCUT2D eigenvalue weighted by Crippen LogP contribution is 2.41. The van der Waals surface area contributed by atoms with Crippen LogP contribution in [0.3, 0.4) is 0 Å². The van der Waals surface area contributed by atoms with Crippen LogP contribution in [0, 0.1) is 18.8 Å². The van der Waals surface area contributed by atoms with Crippen LogP contribution in [0.2, 0.25) is 0 Å². The average Bonchev–Trinajstić information content (AvgIpc) is 3.50. The van der Waals surface area contributed by atoms with Gasteiger partial charge in [-0.25, -0.2) is 23.7 Å². The molecule has 2 N–H and O–H groups in total. The molecule has 1 atom stereocenters. The maximum absolute atomic E-state index is 13.1. The molecule has 1 saturated carbocycles. The van der Waals surface area contributed by atoms with Crippen molar-refractivity contribution < 1.29 is 23.4 Å². The number of halogens is 2. The number of alkyl halides is 2. The first-order valence-corrected chi connectivity index (χ1v) is 13.5. The molecule has 0 spiro atoms. The third-order valence-corrected chi connectivity index (χ3v) is 7.61. The highest BCUT2D eigenvalue weighted by Gasteiger charge is 2.39. The van der Waals surface area contributed by atoms with E-state index in [0.717, 1.165) is 11.1 Å². The Morgan fingerprint density at radius 2 is 1.93 bits per heavy atom. The molecule has 1 aliphatic rings. The van der Waals surface area contributed by atoms with Crippen LogP contribution in [0.25, 0.3) is 11.3 Å². The number of esters is 1. The molecule has 0 amide bonds. The molecule has 5 rings (SSSR count). The predicted molar refractivity (Wildman–Crippen MR) is 148 cm³/mol. The van der Waals surface area contributed by atoms with E-state index in [1.54, 1.807) is 48.5 Å². The monoisotopic (exact) mass is 562 g/mol. The van der Waals surface area contributed by atoms with E-state index < -0.39 is 12.0 Å². The summed E-state index contributed by atoms with van der Waals surface area (Å²) in [5, 5.41) is 14.5. The minimum atomic E-state index is -2.59. The van der Waals surface area contributed by atoms with Gasteiger partial charge in [-0.15, -0.1) is 0 Å². The second-order valence-corrected chi connectivity index (χ2v) is 10.6. The maximum atomic E-state index is 13.1. The second-order valence-electron chi connectivity index (χ2n) is 10.6. The summed E-state index contributed by atoms with van der Waals surface area (Å²) >= 11 is 0. The van der Waals surface area contributed by atoms with Gasteiger partial charge in [0.15, 0.2) is 6.73 Å². The summed E-state index contributed by atoms with van der Waals surface area (Å²) in [6.45, 7) is 3.82. The first-order chi connectivity index (χ1) is 19.7. The van der Waals surface area contributed by atoms with Gasteiger partial charge in [-0.05, 0) is 87.4 Å². The van der Waals surface area contributed by atoms with E-state index >= 15 is 0 Å². The average molecular weight is 563 g/mol. The Bertz CT molecular complexity index is 1470. The lowest BCUT2D eigenvalue weighted by atomic mass is 9.73. The zero-order chi connectivity index (χ0) is 29.0. The smallest absolute Gasteiger partial charge is 0.310 e.